The van der Waals surface area contributed by atoms with Crippen LogP contribution in [0.25, 0.3) is 28.0 Å². The molecule has 1 fully saturated rings. The number of fused-ring (bicyclic) bond motifs is 1. The van der Waals surface area contributed by atoms with Gasteiger partial charge in [0.05, 0.1) is 23.9 Å². The second-order valence-electron chi connectivity index (χ2n) is 9.58. The fourth-order valence-electron chi connectivity index (χ4n) is 4.91. The van der Waals surface area contributed by atoms with Gasteiger partial charge in [-0.1, -0.05) is 18.2 Å². The van der Waals surface area contributed by atoms with E-state index in [1.165, 1.54) is 42.1 Å². The lowest BCUT2D eigenvalue weighted by atomic mass is 10.1. The zero-order valence-electron chi connectivity index (χ0n) is 21.7. The van der Waals surface area contributed by atoms with Crippen LogP contribution in [0.2, 0.25) is 0 Å². The molecular formula is C29H26F3N7O. The van der Waals surface area contributed by atoms with Crippen LogP contribution in [-0.2, 0) is 6.54 Å². The van der Waals surface area contributed by atoms with E-state index in [1.54, 1.807) is 36.4 Å². The predicted octanol–water partition coefficient (Wildman–Crippen LogP) is 4.81. The number of halogens is 3. The normalized spacial score (nSPS) is 14.2. The Balaban J connectivity index is 1.38. The van der Waals surface area contributed by atoms with Crippen LogP contribution >= 0.6 is 0 Å². The molecule has 2 N–H and O–H groups in total. The molecule has 0 saturated carbocycles. The first kappa shape index (κ1) is 25.6. The van der Waals surface area contributed by atoms with Crippen LogP contribution in [0, 0.1) is 17.5 Å². The van der Waals surface area contributed by atoms with Crippen LogP contribution < -0.4 is 15.4 Å². The van der Waals surface area contributed by atoms with Crippen LogP contribution in [0.3, 0.4) is 0 Å². The molecule has 0 amide bonds. The van der Waals surface area contributed by atoms with Crippen molar-refractivity contribution in [3.63, 3.8) is 0 Å². The molecule has 1 saturated heterocycles. The summed E-state index contributed by atoms with van der Waals surface area (Å²) in [7, 11) is 1.46. The first-order chi connectivity index (χ1) is 19.4. The van der Waals surface area contributed by atoms with Crippen molar-refractivity contribution in [1.82, 2.24) is 24.6 Å². The zero-order chi connectivity index (χ0) is 27.8. The largest absolute Gasteiger partial charge is 0.497 e. The summed E-state index contributed by atoms with van der Waals surface area (Å²) in [4.78, 5) is 13.8. The Morgan fingerprint density at radius 2 is 1.65 bits per heavy atom. The van der Waals surface area contributed by atoms with E-state index in [4.69, 9.17) is 20.4 Å². The summed E-state index contributed by atoms with van der Waals surface area (Å²) in [5.74, 6) is -0.307. The highest BCUT2D eigenvalue weighted by Gasteiger charge is 2.25. The van der Waals surface area contributed by atoms with Gasteiger partial charge in [0.15, 0.2) is 5.65 Å². The second kappa shape index (κ2) is 10.5. The number of piperazine rings is 1. The third kappa shape index (κ3) is 4.91. The van der Waals surface area contributed by atoms with Gasteiger partial charge in [0.25, 0.3) is 0 Å². The van der Waals surface area contributed by atoms with Crippen LogP contribution in [0.15, 0.2) is 66.7 Å². The van der Waals surface area contributed by atoms with E-state index in [0.717, 1.165) is 18.7 Å². The molecule has 204 valence electrons. The molecule has 1 aliphatic heterocycles. The molecule has 0 radical (unpaired) electrons. The molecule has 11 heteroatoms. The molecule has 3 aromatic carbocycles. The average molecular weight is 546 g/mol. The van der Waals surface area contributed by atoms with Gasteiger partial charge in [0.1, 0.15) is 29.0 Å². The van der Waals surface area contributed by atoms with Crippen molar-refractivity contribution in [2.45, 2.75) is 6.54 Å². The Morgan fingerprint density at radius 1 is 0.875 bits per heavy atom. The summed E-state index contributed by atoms with van der Waals surface area (Å²) in [6.07, 6.45) is 0. The minimum Gasteiger partial charge on any atom is -0.497 e. The number of methoxy groups -OCH3 is 1. The van der Waals surface area contributed by atoms with E-state index >= 15 is 4.39 Å². The summed E-state index contributed by atoms with van der Waals surface area (Å²) in [5, 5.41) is 4.93. The average Bonchev–Trinajstić information content (AvgIpc) is 3.30. The number of rotatable bonds is 6. The van der Waals surface area contributed by atoms with Crippen molar-refractivity contribution in [3.8, 4) is 22.7 Å². The van der Waals surface area contributed by atoms with E-state index in [2.05, 4.69) is 10.00 Å². The number of aromatic nitrogens is 4. The molecule has 5 aromatic rings. The number of nitrogens with zero attached hydrogens (tertiary/aromatic N) is 6. The Labute approximate surface area is 228 Å². The first-order valence-electron chi connectivity index (χ1n) is 12.8. The number of benzene rings is 3. The molecule has 0 spiro atoms. The fourth-order valence-corrected chi connectivity index (χ4v) is 4.91. The zero-order valence-corrected chi connectivity index (χ0v) is 21.7. The molecule has 1 aliphatic rings. The van der Waals surface area contributed by atoms with E-state index in [-0.39, 0.29) is 28.5 Å². The third-order valence-electron chi connectivity index (χ3n) is 7.02. The van der Waals surface area contributed by atoms with Crippen LogP contribution in [0.1, 0.15) is 5.56 Å². The highest BCUT2D eigenvalue weighted by atomic mass is 19.1. The number of hydrogen-bond donors (Lipinski definition) is 1. The maximum absolute atomic E-state index is 15.3. The SMILES string of the molecule is COc1ccc(-c2nc(N3CCN(Cc4ccc(F)cc4)CC3)nc3nn(-c4cccc(F)c4)c(N)c23)c(F)c1. The van der Waals surface area contributed by atoms with Crippen LogP contribution in [0.4, 0.5) is 24.9 Å². The van der Waals surface area contributed by atoms with Crippen molar-refractivity contribution in [2.75, 3.05) is 43.9 Å². The van der Waals surface area contributed by atoms with E-state index in [0.29, 0.717) is 42.4 Å². The quantitative estimate of drug-likeness (QED) is 0.328. The topological polar surface area (TPSA) is 85.3 Å². The number of anilines is 2. The van der Waals surface area contributed by atoms with E-state index < -0.39 is 11.6 Å². The third-order valence-corrected chi connectivity index (χ3v) is 7.02. The standard InChI is InChI=1S/C29H26F3N7O/c1-40-22-9-10-23(24(32)16-22)26-25-27(33)39(21-4-2-3-20(31)15-21)36-28(25)35-29(34-26)38-13-11-37(12-14-38)17-18-5-7-19(30)8-6-18/h2-10,15-16H,11-14,17,33H2,1H3. The first-order valence-corrected chi connectivity index (χ1v) is 12.8. The number of nitrogen functional groups attached to an aromatic ring is 1. The van der Waals surface area contributed by atoms with Gasteiger partial charge in [-0.15, -0.1) is 5.10 Å². The van der Waals surface area contributed by atoms with Gasteiger partial charge in [-0.3, -0.25) is 4.90 Å². The van der Waals surface area contributed by atoms with Gasteiger partial charge < -0.3 is 15.4 Å². The highest BCUT2D eigenvalue weighted by Crippen LogP contribution is 2.36. The van der Waals surface area contributed by atoms with Crippen molar-refractivity contribution in [3.05, 3.63) is 89.7 Å². The predicted molar refractivity (Wildman–Crippen MR) is 147 cm³/mol. The lowest BCUT2D eigenvalue weighted by Gasteiger charge is -2.34. The smallest absolute Gasteiger partial charge is 0.228 e. The molecule has 3 heterocycles. The number of nitrogens with two attached hydrogens (primary N) is 1. The summed E-state index contributed by atoms with van der Waals surface area (Å²) in [6.45, 7) is 3.40. The molecule has 0 aliphatic carbocycles. The van der Waals surface area contributed by atoms with Gasteiger partial charge in [-0.2, -0.15) is 4.98 Å². The lowest BCUT2D eigenvalue weighted by Crippen LogP contribution is -2.46. The minimum absolute atomic E-state index is 0.168. The van der Waals surface area contributed by atoms with Crippen LogP contribution in [-0.4, -0.2) is 57.9 Å². The molecule has 0 unspecified atom stereocenters. The Kier molecular flexibility index (Phi) is 6.72. The molecule has 6 rings (SSSR count). The minimum atomic E-state index is -0.535. The molecule has 40 heavy (non-hydrogen) atoms. The number of ether oxygens (including phenoxy) is 1. The lowest BCUT2D eigenvalue weighted by molar-refractivity contribution is 0.248. The Bertz CT molecular complexity index is 1680. The summed E-state index contributed by atoms with van der Waals surface area (Å²) in [6, 6.07) is 16.9. The van der Waals surface area contributed by atoms with Crippen molar-refractivity contribution in [1.29, 1.82) is 0 Å². The van der Waals surface area contributed by atoms with E-state index in [1.807, 2.05) is 4.90 Å². The highest BCUT2D eigenvalue weighted by molar-refractivity contribution is 5.99. The van der Waals surface area contributed by atoms with Crippen molar-refractivity contribution in [2.24, 2.45) is 0 Å². The Hall–Kier alpha value is -4.64. The number of hydrogen-bond acceptors (Lipinski definition) is 7. The molecular weight excluding hydrogens is 519 g/mol. The molecule has 0 bridgehead atoms. The van der Waals surface area contributed by atoms with Gasteiger partial charge in [-0.05, 0) is 48.0 Å². The van der Waals surface area contributed by atoms with Gasteiger partial charge in [0, 0.05) is 44.4 Å². The fraction of sp³-hybridized carbons (Fsp3) is 0.207. The maximum atomic E-state index is 15.3. The monoisotopic (exact) mass is 545 g/mol. The molecule has 2 aromatic heterocycles. The van der Waals surface area contributed by atoms with Crippen LogP contribution in [0.5, 0.6) is 5.75 Å². The van der Waals surface area contributed by atoms with Crippen molar-refractivity contribution < 1.29 is 17.9 Å². The second-order valence-corrected chi connectivity index (χ2v) is 9.58. The summed E-state index contributed by atoms with van der Waals surface area (Å²) < 4.78 is 49.2. The Morgan fingerprint density at radius 3 is 2.35 bits per heavy atom. The summed E-state index contributed by atoms with van der Waals surface area (Å²) >= 11 is 0. The summed E-state index contributed by atoms with van der Waals surface area (Å²) in [5.41, 5.74) is 8.72. The molecule has 8 nitrogen and oxygen atoms in total. The van der Waals surface area contributed by atoms with Gasteiger partial charge >= 0.3 is 0 Å². The molecule has 0 atom stereocenters. The van der Waals surface area contributed by atoms with Crippen molar-refractivity contribution >= 4 is 22.8 Å². The van der Waals surface area contributed by atoms with Gasteiger partial charge in [0.2, 0.25) is 5.95 Å². The van der Waals surface area contributed by atoms with E-state index in [9.17, 15) is 8.78 Å². The maximum Gasteiger partial charge on any atom is 0.228 e. The van der Waals surface area contributed by atoms with Gasteiger partial charge in [-0.25, -0.2) is 22.8 Å².